The third-order valence-electron chi connectivity index (χ3n) is 4.37. The van der Waals surface area contributed by atoms with Crippen LogP contribution in [0.1, 0.15) is 18.4 Å². The van der Waals surface area contributed by atoms with Crippen molar-refractivity contribution in [3.8, 4) is 0 Å². The normalized spacial score (nSPS) is 17.3. The molecule has 0 unspecified atom stereocenters. The summed E-state index contributed by atoms with van der Waals surface area (Å²) < 4.78 is 26.9. The maximum absolute atomic E-state index is 12.7. The van der Waals surface area contributed by atoms with Crippen molar-refractivity contribution in [1.82, 2.24) is 4.31 Å². The zero-order chi connectivity index (χ0) is 16.3. The van der Waals surface area contributed by atoms with Gasteiger partial charge in [0.15, 0.2) is 0 Å². The van der Waals surface area contributed by atoms with Gasteiger partial charge in [0, 0.05) is 18.1 Å². The largest absolute Gasteiger partial charge is 0.243 e. The Kier molecular flexibility index (Phi) is 5.05. The summed E-state index contributed by atoms with van der Waals surface area (Å²) in [5, 5.41) is 0.449. The van der Waals surface area contributed by atoms with Crippen molar-refractivity contribution in [3.05, 3.63) is 65.2 Å². The number of nitrogens with zero attached hydrogens (tertiary/aromatic N) is 1. The average molecular weight is 350 g/mol. The van der Waals surface area contributed by atoms with Gasteiger partial charge >= 0.3 is 0 Å². The molecule has 1 aliphatic heterocycles. The van der Waals surface area contributed by atoms with Crippen molar-refractivity contribution in [2.75, 3.05) is 13.1 Å². The zero-order valence-electron chi connectivity index (χ0n) is 12.9. The second-order valence-electron chi connectivity index (χ2n) is 5.99. The van der Waals surface area contributed by atoms with Gasteiger partial charge in [0.1, 0.15) is 0 Å². The van der Waals surface area contributed by atoms with Gasteiger partial charge in [0.05, 0.1) is 4.90 Å². The molecule has 0 aromatic heterocycles. The molecule has 23 heavy (non-hydrogen) atoms. The first kappa shape index (κ1) is 16.5. The smallest absolute Gasteiger partial charge is 0.207 e. The van der Waals surface area contributed by atoms with Gasteiger partial charge in [-0.1, -0.05) is 48.0 Å². The molecular formula is C18H20ClNO2S. The van der Waals surface area contributed by atoms with Crippen LogP contribution in [-0.2, 0) is 16.4 Å². The molecule has 3 nitrogen and oxygen atoms in total. The van der Waals surface area contributed by atoms with Gasteiger partial charge in [-0.25, -0.2) is 8.42 Å². The maximum atomic E-state index is 12.7. The molecule has 0 N–H and O–H groups in total. The first-order valence-corrected chi connectivity index (χ1v) is 9.67. The van der Waals surface area contributed by atoms with Crippen molar-refractivity contribution >= 4 is 21.6 Å². The Hall–Kier alpha value is -1.36. The highest BCUT2D eigenvalue weighted by atomic mass is 35.5. The molecule has 0 radical (unpaired) electrons. The van der Waals surface area contributed by atoms with Gasteiger partial charge < -0.3 is 0 Å². The standard InChI is InChI=1S/C18H20ClNO2S/c19-17-7-4-8-18(14-17)23(21,22)20-11-9-16(10-12-20)13-15-5-2-1-3-6-15/h1-8,14,16H,9-13H2. The lowest BCUT2D eigenvalue weighted by atomic mass is 9.91. The van der Waals surface area contributed by atoms with E-state index in [-0.39, 0.29) is 4.90 Å². The molecule has 0 atom stereocenters. The summed E-state index contributed by atoms with van der Waals surface area (Å²) >= 11 is 5.92. The molecular weight excluding hydrogens is 330 g/mol. The van der Waals surface area contributed by atoms with E-state index in [0.29, 0.717) is 24.0 Å². The van der Waals surface area contributed by atoms with Crippen LogP contribution in [0, 0.1) is 5.92 Å². The van der Waals surface area contributed by atoms with Crippen LogP contribution in [0.5, 0.6) is 0 Å². The topological polar surface area (TPSA) is 37.4 Å². The summed E-state index contributed by atoms with van der Waals surface area (Å²) in [6.07, 6.45) is 2.81. The van der Waals surface area contributed by atoms with E-state index in [1.165, 1.54) is 11.6 Å². The molecule has 2 aromatic carbocycles. The first-order valence-electron chi connectivity index (χ1n) is 7.85. The van der Waals surface area contributed by atoms with Crippen molar-refractivity contribution in [2.45, 2.75) is 24.2 Å². The fraction of sp³-hybridized carbons (Fsp3) is 0.333. The summed E-state index contributed by atoms with van der Waals surface area (Å²) in [7, 11) is -3.43. The highest BCUT2D eigenvalue weighted by Gasteiger charge is 2.29. The lowest BCUT2D eigenvalue weighted by Gasteiger charge is -2.31. The van der Waals surface area contributed by atoms with Gasteiger partial charge in [-0.2, -0.15) is 4.31 Å². The van der Waals surface area contributed by atoms with Crippen LogP contribution in [0.4, 0.5) is 0 Å². The molecule has 2 aromatic rings. The van der Waals surface area contributed by atoms with Gasteiger partial charge in [-0.3, -0.25) is 0 Å². The van der Waals surface area contributed by atoms with Crippen LogP contribution in [-0.4, -0.2) is 25.8 Å². The summed E-state index contributed by atoms with van der Waals surface area (Å²) in [5.74, 6) is 0.545. The molecule has 5 heteroatoms. The molecule has 0 bridgehead atoms. The summed E-state index contributed by atoms with van der Waals surface area (Å²) in [6, 6.07) is 16.9. The van der Waals surface area contributed by atoms with Crippen molar-refractivity contribution in [3.63, 3.8) is 0 Å². The zero-order valence-corrected chi connectivity index (χ0v) is 14.4. The van der Waals surface area contributed by atoms with Crippen LogP contribution in [0.15, 0.2) is 59.5 Å². The number of piperidine rings is 1. The number of sulfonamides is 1. The Balaban J connectivity index is 1.64. The molecule has 0 spiro atoms. The van der Waals surface area contributed by atoms with Crippen molar-refractivity contribution < 1.29 is 8.42 Å². The fourth-order valence-corrected chi connectivity index (χ4v) is 4.85. The predicted octanol–water partition coefficient (Wildman–Crippen LogP) is 3.98. The average Bonchev–Trinajstić information content (AvgIpc) is 2.56. The Bertz CT molecular complexity index is 754. The van der Waals surface area contributed by atoms with E-state index in [2.05, 4.69) is 12.1 Å². The highest BCUT2D eigenvalue weighted by Crippen LogP contribution is 2.27. The van der Waals surface area contributed by atoms with Crippen LogP contribution in [0.3, 0.4) is 0 Å². The number of hydrogen-bond donors (Lipinski definition) is 0. The molecule has 1 aliphatic rings. The molecule has 1 fully saturated rings. The molecule has 0 aliphatic carbocycles. The van der Waals surface area contributed by atoms with E-state index in [0.717, 1.165) is 19.3 Å². The second-order valence-corrected chi connectivity index (χ2v) is 8.37. The number of benzene rings is 2. The lowest BCUT2D eigenvalue weighted by molar-refractivity contribution is 0.273. The van der Waals surface area contributed by atoms with Gasteiger partial charge in [0.25, 0.3) is 0 Å². The van der Waals surface area contributed by atoms with Crippen molar-refractivity contribution in [1.29, 1.82) is 0 Å². The monoisotopic (exact) mass is 349 g/mol. The molecule has 1 saturated heterocycles. The Morgan fingerprint density at radius 1 is 1.00 bits per heavy atom. The quantitative estimate of drug-likeness (QED) is 0.837. The van der Waals surface area contributed by atoms with E-state index < -0.39 is 10.0 Å². The number of hydrogen-bond acceptors (Lipinski definition) is 2. The predicted molar refractivity (Wildman–Crippen MR) is 93.1 cm³/mol. The minimum atomic E-state index is -3.43. The lowest BCUT2D eigenvalue weighted by Crippen LogP contribution is -2.38. The van der Waals surface area contributed by atoms with Crippen LogP contribution >= 0.6 is 11.6 Å². The van der Waals surface area contributed by atoms with Gasteiger partial charge in [-0.15, -0.1) is 0 Å². The van der Waals surface area contributed by atoms with E-state index in [9.17, 15) is 8.42 Å². The summed E-state index contributed by atoms with van der Waals surface area (Å²) in [6.45, 7) is 1.15. The molecule has 122 valence electrons. The number of halogens is 1. The molecule has 0 amide bonds. The minimum Gasteiger partial charge on any atom is -0.207 e. The Morgan fingerprint density at radius 3 is 2.35 bits per heavy atom. The van der Waals surface area contributed by atoms with E-state index >= 15 is 0 Å². The fourth-order valence-electron chi connectivity index (χ4n) is 3.08. The summed E-state index contributed by atoms with van der Waals surface area (Å²) in [5.41, 5.74) is 1.32. The SMILES string of the molecule is O=S(=O)(c1cccc(Cl)c1)N1CCC(Cc2ccccc2)CC1. The van der Waals surface area contributed by atoms with Crippen LogP contribution in [0.25, 0.3) is 0 Å². The Labute approximate surface area is 142 Å². The van der Waals surface area contributed by atoms with E-state index in [1.54, 1.807) is 22.5 Å². The van der Waals surface area contributed by atoms with E-state index in [4.69, 9.17) is 11.6 Å². The minimum absolute atomic E-state index is 0.284. The van der Waals surface area contributed by atoms with Crippen LogP contribution in [0.2, 0.25) is 5.02 Å². The third kappa shape index (κ3) is 3.94. The molecule has 1 heterocycles. The third-order valence-corrected chi connectivity index (χ3v) is 6.50. The first-order chi connectivity index (χ1) is 11.1. The van der Waals surface area contributed by atoms with E-state index in [1.807, 2.05) is 18.2 Å². The Morgan fingerprint density at radius 2 is 1.70 bits per heavy atom. The molecule has 3 rings (SSSR count). The molecule has 0 saturated carbocycles. The van der Waals surface area contributed by atoms with Gasteiger partial charge in [0.2, 0.25) is 10.0 Å². The number of rotatable bonds is 4. The van der Waals surface area contributed by atoms with Gasteiger partial charge in [-0.05, 0) is 48.9 Å². The van der Waals surface area contributed by atoms with Crippen LogP contribution < -0.4 is 0 Å². The second kappa shape index (κ2) is 7.04. The van der Waals surface area contributed by atoms with Crippen molar-refractivity contribution in [2.24, 2.45) is 5.92 Å². The highest BCUT2D eigenvalue weighted by molar-refractivity contribution is 7.89. The maximum Gasteiger partial charge on any atom is 0.243 e. The summed E-state index contributed by atoms with van der Waals surface area (Å²) in [4.78, 5) is 0.284.